The molecule has 0 atom stereocenters. The first kappa shape index (κ1) is 21.3. The van der Waals surface area contributed by atoms with E-state index in [1.165, 1.54) is 18.2 Å². The van der Waals surface area contributed by atoms with Gasteiger partial charge in [0.05, 0.1) is 14.6 Å². The Hall–Kier alpha value is -2.42. The number of hydrogen-bond donors (Lipinski definition) is 1. The van der Waals surface area contributed by atoms with Crippen LogP contribution in [0.4, 0.5) is 10.5 Å². The van der Waals surface area contributed by atoms with Crippen LogP contribution in [0.1, 0.15) is 5.56 Å². The summed E-state index contributed by atoms with van der Waals surface area (Å²) in [5.41, 5.74) is 0.669. The number of urea groups is 1. The third-order valence-corrected chi connectivity index (χ3v) is 5.29. The van der Waals surface area contributed by atoms with Gasteiger partial charge in [0.1, 0.15) is 17.9 Å². The zero-order valence-corrected chi connectivity index (χ0v) is 18.7. The van der Waals surface area contributed by atoms with Gasteiger partial charge >= 0.3 is 6.03 Å². The molecular weight excluding hydrogens is 527 g/mol. The van der Waals surface area contributed by atoms with E-state index in [2.05, 4.69) is 43.8 Å². The Labute approximate surface area is 188 Å². The molecule has 2 aromatic carbocycles. The van der Waals surface area contributed by atoms with E-state index < -0.39 is 17.8 Å². The number of barbiturate groups is 1. The summed E-state index contributed by atoms with van der Waals surface area (Å²) in [4.78, 5) is 38.3. The zero-order chi connectivity index (χ0) is 21.1. The first-order valence-corrected chi connectivity index (χ1v) is 10.2. The van der Waals surface area contributed by atoms with Gasteiger partial charge in [0, 0.05) is 5.02 Å². The van der Waals surface area contributed by atoms with E-state index in [9.17, 15) is 14.4 Å². The molecular formula is C20H13Br2ClN2O4. The van der Waals surface area contributed by atoms with Crippen molar-refractivity contribution in [2.75, 3.05) is 11.5 Å². The monoisotopic (exact) mass is 538 g/mol. The summed E-state index contributed by atoms with van der Waals surface area (Å²) < 4.78 is 6.80. The van der Waals surface area contributed by atoms with E-state index in [0.717, 1.165) is 4.90 Å². The largest absolute Gasteiger partial charge is 0.487 e. The van der Waals surface area contributed by atoms with E-state index in [4.69, 9.17) is 16.3 Å². The van der Waals surface area contributed by atoms with Gasteiger partial charge in [-0.25, -0.2) is 9.69 Å². The van der Waals surface area contributed by atoms with E-state index in [-0.39, 0.29) is 5.57 Å². The number of nitrogens with zero attached hydrogens (tertiary/aromatic N) is 1. The molecule has 6 nitrogen and oxygen atoms in total. The fourth-order valence-electron chi connectivity index (χ4n) is 2.59. The van der Waals surface area contributed by atoms with Crippen molar-refractivity contribution in [1.29, 1.82) is 0 Å². The summed E-state index contributed by atoms with van der Waals surface area (Å²) in [5, 5.41) is 2.64. The Morgan fingerprint density at radius 2 is 1.72 bits per heavy atom. The molecule has 0 bridgehead atoms. The van der Waals surface area contributed by atoms with Gasteiger partial charge in [0.15, 0.2) is 0 Å². The first-order valence-electron chi connectivity index (χ1n) is 8.21. The second-order valence-electron chi connectivity index (χ2n) is 5.85. The van der Waals surface area contributed by atoms with Crippen molar-refractivity contribution in [3.63, 3.8) is 0 Å². The topological polar surface area (TPSA) is 75.7 Å². The van der Waals surface area contributed by atoms with E-state index in [1.54, 1.807) is 30.3 Å². The van der Waals surface area contributed by atoms with E-state index >= 15 is 0 Å². The smallest absolute Gasteiger partial charge is 0.335 e. The Kier molecular flexibility index (Phi) is 6.56. The van der Waals surface area contributed by atoms with Gasteiger partial charge in [0.2, 0.25) is 0 Å². The third-order valence-electron chi connectivity index (χ3n) is 3.86. The van der Waals surface area contributed by atoms with Crippen molar-refractivity contribution in [3.05, 3.63) is 74.2 Å². The molecule has 1 aliphatic rings. The number of nitrogens with one attached hydrogen (secondary N) is 1. The highest BCUT2D eigenvalue weighted by atomic mass is 79.9. The number of benzene rings is 2. The summed E-state index contributed by atoms with van der Waals surface area (Å²) >= 11 is 12.7. The maximum absolute atomic E-state index is 12.9. The fraction of sp³-hybridized carbons (Fsp3) is 0.0500. The molecule has 0 aromatic heterocycles. The molecule has 1 N–H and O–H groups in total. The molecule has 0 spiro atoms. The van der Waals surface area contributed by atoms with Crippen LogP contribution in [0.5, 0.6) is 5.75 Å². The average molecular weight is 541 g/mol. The number of carbonyl (C=O) groups is 3. The normalized spacial score (nSPS) is 15.5. The summed E-state index contributed by atoms with van der Waals surface area (Å²) in [6.07, 6.45) is 3.02. The van der Waals surface area contributed by atoms with Crippen molar-refractivity contribution in [2.45, 2.75) is 0 Å². The highest BCUT2D eigenvalue weighted by Gasteiger charge is 2.36. The number of carbonyl (C=O) groups excluding carboxylic acids is 3. The van der Waals surface area contributed by atoms with Gasteiger partial charge in [-0.1, -0.05) is 24.3 Å². The Bertz CT molecular complexity index is 1030. The summed E-state index contributed by atoms with van der Waals surface area (Å²) in [7, 11) is 0. The molecule has 148 valence electrons. The van der Waals surface area contributed by atoms with Crippen LogP contribution in [-0.4, -0.2) is 24.5 Å². The van der Waals surface area contributed by atoms with Crippen LogP contribution in [0, 0.1) is 0 Å². The van der Waals surface area contributed by atoms with Crippen LogP contribution in [0.3, 0.4) is 0 Å². The standard InChI is InChI=1S/C20H13Br2ClN2O4/c1-2-7-29-17-15(21)9-11(10-16(17)22)8-14-18(26)24-20(28)25(19(14)27)13-5-3-12(23)4-6-13/h2-6,8-10H,1,7H2,(H,24,26,28)/b14-8-. The van der Waals surface area contributed by atoms with Gasteiger partial charge in [-0.05, 0) is 79.9 Å². The lowest BCUT2D eigenvalue weighted by atomic mass is 10.1. The summed E-state index contributed by atoms with van der Waals surface area (Å²) in [6.45, 7) is 3.92. The number of hydrogen-bond acceptors (Lipinski definition) is 4. The molecule has 1 heterocycles. The lowest BCUT2D eigenvalue weighted by Crippen LogP contribution is -2.54. The van der Waals surface area contributed by atoms with Gasteiger partial charge in [-0.3, -0.25) is 14.9 Å². The Morgan fingerprint density at radius 3 is 2.31 bits per heavy atom. The maximum Gasteiger partial charge on any atom is 0.335 e. The summed E-state index contributed by atoms with van der Waals surface area (Å²) in [6, 6.07) is 8.70. The first-order chi connectivity index (χ1) is 13.8. The minimum atomic E-state index is -0.824. The molecule has 3 rings (SSSR count). The number of rotatable bonds is 5. The lowest BCUT2D eigenvalue weighted by molar-refractivity contribution is -0.122. The minimum Gasteiger partial charge on any atom is -0.487 e. The van der Waals surface area contributed by atoms with Crippen molar-refractivity contribution < 1.29 is 19.1 Å². The molecule has 0 saturated carbocycles. The molecule has 4 amide bonds. The SMILES string of the molecule is C=CCOc1c(Br)cc(/C=C2/C(=O)NC(=O)N(c3ccc(Cl)cc3)C2=O)cc1Br. The molecule has 0 unspecified atom stereocenters. The van der Waals surface area contributed by atoms with E-state index in [1.807, 2.05) is 0 Å². The number of anilines is 1. The van der Waals surface area contributed by atoms with Crippen LogP contribution in [0.15, 0.2) is 63.6 Å². The third kappa shape index (κ3) is 4.60. The number of imide groups is 2. The number of amides is 4. The molecule has 2 aromatic rings. The molecule has 1 fully saturated rings. The predicted molar refractivity (Wildman–Crippen MR) is 118 cm³/mol. The zero-order valence-electron chi connectivity index (χ0n) is 14.7. The molecule has 0 aliphatic carbocycles. The van der Waals surface area contributed by atoms with Crippen LogP contribution >= 0.6 is 43.5 Å². The van der Waals surface area contributed by atoms with Crippen molar-refractivity contribution >= 4 is 73.1 Å². The minimum absolute atomic E-state index is 0.182. The van der Waals surface area contributed by atoms with Gasteiger partial charge in [-0.15, -0.1) is 0 Å². The summed E-state index contributed by atoms with van der Waals surface area (Å²) in [5.74, 6) is -0.950. The second kappa shape index (κ2) is 8.94. The van der Waals surface area contributed by atoms with Gasteiger partial charge < -0.3 is 4.74 Å². The van der Waals surface area contributed by atoms with Crippen molar-refractivity contribution in [1.82, 2.24) is 5.32 Å². The quantitative estimate of drug-likeness (QED) is 0.326. The molecule has 29 heavy (non-hydrogen) atoms. The number of halogens is 3. The number of ether oxygens (including phenoxy) is 1. The Morgan fingerprint density at radius 1 is 1.10 bits per heavy atom. The maximum atomic E-state index is 12.9. The average Bonchev–Trinajstić information content (AvgIpc) is 2.66. The molecule has 9 heteroatoms. The highest BCUT2D eigenvalue weighted by Crippen LogP contribution is 2.35. The predicted octanol–water partition coefficient (Wildman–Crippen LogP) is 5.10. The molecule has 0 radical (unpaired) electrons. The van der Waals surface area contributed by atoms with Crippen LogP contribution in [0.25, 0.3) is 6.08 Å². The van der Waals surface area contributed by atoms with Crippen LogP contribution in [-0.2, 0) is 9.59 Å². The van der Waals surface area contributed by atoms with E-state index in [0.29, 0.717) is 37.6 Å². The van der Waals surface area contributed by atoms with Crippen LogP contribution in [0.2, 0.25) is 5.02 Å². The van der Waals surface area contributed by atoms with Gasteiger partial charge in [-0.2, -0.15) is 0 Å². The van der Waals surface area contributed by atoms with Crippen LogP contribution < -0.4 is 15.0 Å². The molecule has 1 saturated heterocycles. The van der Waals surface area contributed by atoms with Gasteiger partial charge in [0.25, 0.3) is 11.8 Å². The van der Waals surface area contributed by atoms with Crippen molar-refractivity contribution in [3.8, 4) is 5.75 Å². The second-order valence-corrected chi connectivity index (χ2v) is 7.99. The highest BCUT2D eigenvalue weighted by molar-refractivity contribution is 9.11. The Balaban J connectivity index is 1.98. The van der Waals surface area contributed by atoms with Crippen molar-refractivity contribution in [2.24, 2.45) is 0 Å². The fourth-order valence-corrected chi connectivity index (χ4v) is 4.17. The lowest BCUT2D eigenvalue weighted by Gasteiger charge is -2.26. The molecule has 1 aliphatic heterocycles.